The van der Waals surface area contributed by atoms with Gasteiger partial charge in [0.15, 0.2) is 5.16 Å². The maximum Gasteiger partial charge on any atom is 0.237 e. The summed E-state index contributed by atoms with van der Waals surface area (Å²) in [6.45, 7) is 2.13. The molecule has 0 saturated heterocycles. The zero-order valence-electron chi connectivity index (χ0n) is 11.9. The molecule has 0 unspecified atom stereocenters. The fraction of sp³-hybridized carbons (Fsp3) is 0.286. The van der Waals surface area contributed by atoms with E-state index in [4.69, 9.17) is 4.52 Å². The van der Waals surface area contributed by atoms with Gasteiger partial charge in [0.1, 0.15) is 6.33 Å². The highest BCUT2D eigenvalue weighted by Gasteiger charge is 2.10. The minimum absolute atomic E-state index is 0.576. The van der Waals surface area contributed by atoms with Crippen LogP contribution < -0.4 is 0 Å². The summed E-state index contributed by atoms with van der Waals surface area (Å²) < 4.78 is 7.13. The molecule has 0 amide bonds. The van der Waals surface area contributed by atoms with Crippen molar-refractivity contribution >= 4 is 11.8 Å². The van der Waals surface area contributed by atoms with Crippen molar-refractivity contribution in [1.29, 1.82) is 0 Å². The van der Waals surface area contributed by atoms with Crippen LogP contribution in [0.1, 0.15) is 18.4 Å². The first-order chi connectivity index (χ1) is 10.3. The van der Waals surface area contributed by atoms with Crippen molar-refractivity contribution in [2.75, 3.05) is 0 Å². The van der Waals surface area contributed by atoms with Crippen molar-refractivity contribution in [3.05, 3.63) is 42.0 Å². The lowest BCUT2D eigenvalue weighted by Crippen LogP contribution is -1.90. The number of aryl methyl sites for hydroxylation is 2. The lowest BCUT2D eigenvalue weighted by Gasteiger charge is -1.97. The smallest absolute Gasteiger partial charge is 0.237 e. The topological polar surface area (TPSA) is 69.6 Å². The van der Waals surface area contributed by atoms with Gasteiger partial charge in [0.05, 0.1) is 5.75 Å². The van der Waals surface area contributed by atoms with Gasteiger partial charge in [0.2, 0.25) is 11.7 Å². The van der Waals surface area contributed by atoms with Crippen molar-refractivity contribution in [2.24, 2.45) is 7.05 Å². The Morgan fingerprint density at radius 1 is 1.24 bits per heavy atom. The van der Waals surface area contributed by atoms with Gasteiger partial charge in [0, 0.05) is 12.6 Å². The van der Waals surface area contributed by atoms with Gasteiger partial charge in [-0.15, -0.1) is 10.2 Å². The fourth-order valence-electron chi connectivity index (χ4n) is 1.85. The van der Waals surface area contributed by atoms with Gasteiger partial charge in [-0.1, -0.05) is 48.1 Å². The average Bonchev–Trinajstić information content (AvgIpc) is 3.14. The number of hydrogen-bond donors (Lipinski definition) is 0. The number of benzene rings is 1. The standard InChI is InChI=1S/C14H15N5OS/c1-3-10-4-6-11(7-5-10)13-16-12(20-18-13)8-21-14-17-15-9-19(14)2/h4-7,9H,3,8H2,1-2H3. The highest BCUT2D eigenvalue weighted by Crippen LogP contribution is 2.21. The zero-order valence-corrected chi connectivity index (χ0v) is 12.7. The molecule has 0 aliphatic heterocycles. The molecule has 1 aromatic carbocycles. The molecular formula is C14H15N5OS. The first kappa shape index (κ1) is 13.8. The Balaban J connectivity index is 1.69. The Labute approximate surface area is 126 Å². The molecule has 0 fully saturated rings. The molecule has 0 radical (unpaired) electrons. The lowest BCUT2D eigenvalue weighted by atomic mass is 10.1. The number of aromatic nitrogens is 5. The first-order valence-corrected chi connectivity index (χ1v) is 7.63. The Hall–Kier alpha value is -2.15. The van der Waals surface area contributed by atoms with E-state index >= 15 is 0 Å². The molecule has 0 bridgehead atoms. The predicted octanol–water partition coefficient (Wildman–Crippen LogP) is 2.72. The quantitative estimate of drug-likeness (QED) is 0.675. The second kappa shape index (κ2) is 6.09. The number of nitrogens with zero attached hydrogens (tertiary/aromatic N) is 5. The Morgan fingerprint density at radius 2 is 2.05 bits per heavy atom. The second-order valence-electron chi connectivity index (χ2n) is 4.58. The van der Waals surface area contributed by atoms with Crippen molar-refractivity contribution in [2.45, 2.75) is 24.3 Å². The molecule has 3 rings (SSSR count). The summed E-state index contributed by atoms with van der Waals surface area (Å²) in [5.74, 6) is 1.77. The van der Waals surface area contributed by atoms with Gasteiger partial charge in [-0.3, -0.25) is 0 Å². The summed E-state index contributed by atoms with van der Waals surface area (Å²) in [7, 11) is 1.90. The van der Waals surface area contributed by atoms with Gasteiger partial charge in [-0.2, -0.15) is 4.98 Å². The van der Waals surface area contributed by atoms with Gasteiger partial charge in [0.25, 0.3) is 0 Å². The van der Waals surface area contributed by atoms with Crippen LogP contribution in [-0.4, -0.2) is 24.9 Å². The number of hydrogen-bond acceptors (Lipinski definition) is 6. The second-order valence-corrected chi connectivity index (χ2v) is 5.52. The molecule has 21 heavy (non-hydrogen) atoms. The predicted molar refractivity (Wildman–Crippen MR) is 79.7 cm³/mol. The minimum atomic E-state index is 0.576. The molecular weight excluding hydrogens is 286 g/mol. The summed E-state index contributed by atoms with van der Waals surface area (Å²) in [6, 6.07) is 8.20. The van der Waals surface area contributed by atoms with E-state index in [2.05, 4.69) is 39.4 Å². The van der Waals surface area contributed by atoms with Gasteiger partial charge < -0.3 is 9.09 Å². The molecule has 0 aliphatic carbocycles. The van der Waals surface area contributed by atoms with Crippen molar-refractivity contribution in [3.63, 3.8) is 0 Å². The van der Waals surface area contributed by atoms with Crippen LogP contribution in [0.25, 0.3) is 11.4 Å². The number of thioether (sulfide) groups is 1. The van der Waals surface area contributed by atoms with E-state index < -0.39 is 0 Å². The number of rotatable bonds is 5. The Morgan fingerprint density at radius 3 is 2.71 bits per heavy atom. The van der Waals surface area contributed by atoms with E-state index in [0.29, 0.717) is 17.5 Å². The zero-order chi connectivity index (χ0) is 14.7. The lowest BCUT2D eigenvalue weighted by molar-refractivity contribution is 0.391. The molecule has 3 aromatic rings. The van der Waals surface area contributed by atoms with E-state index in [-0.39, 0.29) is 0 Å². The van der Waals surface area contributed by atoms with Crippen molar-refractivity contribution in [1.82, 2.24) is 24.9 Å². The van der Waals surface area contributed by atoms with Crippen LogP contribution in [0.3, 0.4) is 0 Å². The summed E-state index contributed by atoms with van der Waals surface area (Å²) in [5, 5.41) is 12.7. The van der Waals surface area contributed by atoms with E-state index in [1.54, 1.807) is 6.33 Å². The summed E-state index contributed by atoms with van der Waals surface area (Å²) >= 11 is 1.51. The van der Waals surface area contributed by atoms with Crippen LogP contribution in [-0.2, 0) is 19.2 Å². The first-order valence-electron chi connectivity index (χ1n) is 6.65. The third-order valence-corrected chi connectivity index (χ3v) is 4.10. The molecule has 0 atom stereocenters. The fourth-order valence-corrected chi connectivity index (χ4v) is 2.58. The third-order valence-electron chi connectivity index (χ3n) is 3.08. The summed E-state index contributed by atoms with van der Waals surface area (Å²) in [6.07, 6.45) is 2.68. The van der Waals surface area contributed by atoms with Crippen LogP contribution in [0, 0.1) is 0 Å². The highest BCUT2D eigenvalue weighted by atomic mass is 32.2. The normalized spacial score (nSPS) is 11.0. The molecule has 0 aliphatic rings. The van der Waals surface area contributed by atoms with Gasteiger partial charge >= 0.3 is 0 Å². The van der Waals surface area contributed by atoms with Crippen LogP contribution >= 0.6 is 11.8 Å². The van der Waals surface area contributed by atoms with Crippen LogP contribution in [0.5, 0.6) is 0 Å². The third kappa shape index (κ3) is 3.13. The summed E-state index contributed by atoms with van der Waals surface area (Å²) in [5.41, 5.74) is 2.26. The summed E-state index contributed by atoms with van der Waals surface area (Å²) in [4.78, 5) is 4.41. The maximum atomic E-state index is 5.27. The monoisotopic (exact) mass is 301 g/mol. The molecule has 6 nitrogen and oxygen atoms in total. The van der Waals surface area contributed by atoms with Crippen LogP contribution in [0.15, 0.2) is 40.3 Å². The van der Waals surface area contributed by atoms with Gasteiger partial charge in [-0.05, 0) is 12.0 Å². The van der Waals surface area contributed by atoms with Gasteiger partial charge in [-0.25, -0.2) is 0 Å². The van der Waals surface area contributed by atoms with Crippen molar-refractivity contribution in [3.8, 4) is 11.4 Å². The Kier molecular flexibility index (Phi) is 4.01. The molecule has 0 spiro atoms. The maximum absolute atomic E-state index is 5.27. The highest BCUT2D eigenvalue weighted by molar-refractivity contribution is 7.98. The molecule has 2 aromatic heterocycles. The van der Waals surface area contributed by atoms with Crippen LogP contribution in [0.4, 0.5) is 0 Å². The molecule has 7 heteroatoms. The molecule has 2 heterocycles. The van der Waals surface area contributed by atoms with E-state index in [0.717, 1.165) is 17.1 Å². The van der Waals surface area contributed by atoms with E-state index in [1.165, 1.54) is 17.3 Å². The van der Waals surface area contributed by atoms with E-state index in [9.17, 15) is 0 Å². The molecule has 0 N–H and O–H groups in total. The van der Waals surface area contributed by atoms with Crippen LogP contribution in [0.2, 0.25) is 0 Å². The Bertz CT molecular complexity index is 719. The largest absolute Gasteiger partial charge is 0.338 e. The molecule has 0 saturated carbocycles. The van der Waals surface area contributed by atoms with E-state index in [1.807, 2.05) is 23.7 Å². The SMILES string of the molecule is CCc1ccc(-c2noc(CSc3nncn3C)n2)cc1. The van der Waals surface area contributed by atoms with Crippen molar-refractivity contribution < 1.29 is 4.52 Å². The average molecular weight is 301 g/mol. The molecule has 108 valence electrons. The minimum Gasteiger partial charge on any atom is -0.338 e.